The molecule has 0 amide bonds. The van der Waals surface area contributed by atoms with Crippen LogP contribution in [0.25, 0.3) is 5.65 Å². The molecule has 0 saturated carbocycles. The molecule has 5 heteroatoms. The van der Waals surface area contributed by atoms with E-state index in [2.05, 4.69) is 4.98 Å². The van der Waals surface area contributed by atoms with Crippen LogP contribution in [-0.2, 0) is 4.74 Å². The third kappa shape index (κ3) is 3.25. The number of benzene rings is 1. The van der Waals surface area contributed by atoms with Crippen molar-refractivity contribution in [3.63, 3.8) is 0 Å². The summed E-state index contributed by atoms with van der Waals surface area (Å²) in [7, 11) is 0. The van der Waals surface area contributed by atoms with Gasteiger partial charge in [-0.2, -0.15) is 0 Å². The van der Waals surface area contributed by atoms with Crippen LogP contribution < -0.4 is 4.74 Å². The number of fused-ring (bicyclic) bond motifs is 1. The van der Waals surface area contributed by atoms with Crippen LogP contribution in [0.1, 0.15) is 27.3 Å². The number of imidazole rings is 1. The fourth-order valence-corrected chi connectivity index (χ4v) is 2.63. The number of pyridine rings is 1. The zero-order valence-corrected chi connectivity index (χ0v) is 14.1. The first kappa shape index (κ1) is 16.1. The fourth-order valence-electron chi connectivity index (χ4n) is 2.63. The van der Waals surface area contributed by atoms with Gasteiger partial charge in [0.2, 0.25) is 0 Å². The van der Waals surface area contributed by atoms with Crippen LogP contribution in [0.2, 0.25) is 0 Å². The van der Waals surface area contributed by atoms with Crippen molar-refractivity contribution in [3.8, 4) is 5.75 Å². The quantitative estimate of drug-likeness (QED) is 0.532. The third-order valence-electron chi connectivity index (χ3n) is 3.88. The molecule has 0 saturated heterocycles. The second-order valence-corrected chi connectivity index (χ2v) is 5.73. The van der Waals surface area contributed by atoms with Crippen molar-refractivity contribution in [2.24, 2.45) is 0 Å². The molecule has 2 heterocycles. The fraction of sp³-hybridized carbons (Fsp3) is 0.263. The Morgan fingerprint density at radius 1 is 1.04 bits per heavy atom. The molecule has 0 bridgehead atoms. The number of esters is 1. The van der Waals surface area contributed by atoms with Crippen LogP contribution in [0, 0.1) is 20.8 Å². The summed E-state index contributed by atoms with van der Waals surface area (Å²) in [5.74, 6) is 0.403. The molecule has 124 valence electrons. The Kier molecular flexibility index (Phi) is 4.51. The lowest BCUT2D eigenvalue weighted by molar-refractivity contribution is 0.0444. The molecule has 24 heavy (non-hydrogen) atoms. The van der Waals surface area contributed by atoms with Crippen molar-refractivity contribution in [2.75, 3.05) is 13.2 Å². The molecule has 5 nitrogen and oxygen atoms in total. The molecule has 3 rings (SSSR count). The topological polar surface area (TPSA) is 52.8 Å². The van der Waals surface area contributed by atoms with Crippen LogP contribution in [0.15, 0.2) is 42.6 Å². The SMILES string of the molecule is Cc1cccc(C)c1OCCOC(=O)c1cn2c(C)cccc2n1. The van der Waals surface area contributed by atoms with Crippen molar-refractivity contribution in [2.45, 2.75) is 20.8 Å². The standard InChI is InChI=1S/C19H20N2O3/c1-13-6-4-7-14(2)18(13)23-10-11-24-19(22)16-12-21-15(3)8-5-9-17(21)20-16/h4-9,12H,10-11H2,1-3H3. The van der Waals surface area contributed by atoms with E-state index in [1.807, 2.05) is 61.6 Å². The number of hydrogen-bond donors (Lipinski definition) is 0. The largest absolute Gasteiger partial charge is 0.489 e. The van der Waals surface area contributed by atoms with Crippen molar-refractivity contribution in [1.29, 1.82) is 0 Å². The van der Waals surface area contributed by atoms with Gasteiger partial charge in [0, 0.05) is 11.9 Å². The molecular weight excluding hydrogens is 304 g/mol. The molecule has 3 aromatic rings. The maximum atomic E-state index is 12.1. The maximum Gasteiger partial charge on any atom is 0.358 e. The number of hydrogen-bond acceptors (Lipinski definition) is 4. The van der Waals surface area contributed by atoms with Crippen molar-refractivity contribution in [1.82, 2.24) is 9.38 Å². The van der Waals surface area contributed by atoms with Gasteiger partial charge in [-0.25, -0.2) is 9.78 Å². The van der Waals surface area contributed by atoms with Gasteiger partial charge in [-0.3, -0.25) is 0 Å². The molecule has 0 N–H and O–H groups in total. The molecule has 0 atom stereocenters. The van der Waals surface area contributed by atoms with Gasteiger partial charge in [-0.05, 0) is 44.0 Å². The summed E-state index contributed by atoms with van der Waals surface area (Å²) >= 11 is 0. The lowest BCUT2D eigenvalue weighted by Crippen LogP contribution is -2.13. The summed E-state index contributed by atoms with van der Waals surface area (Å²) in [6, 6.07) is 11.7. The zero-order chi connectivity index (χ0) is 17.1. The second kappa shape index (κ2) is 6.74. The highest BCUT2D eigenvalue weighted by molar-refractivity contribution is 5.88. The monoisotopic (exact) mass is 324 g/mol. The molecule has 1 aromatic carbocycles. The minimum absolute atomic E-state index is 0.180. The van der Waals surface area contributed by atoms with Crippen LogP contribution in [-0.4, -0.2) is 28.6 Å². The minimum Gasteiger partial charge on any atom is -0.489 e. The molecule has 0 fully saturated rings. The summed E-state index contributed by atoms with van der Waals surface area (Å²) in [6.45, 7) is 6.44. The van der Waals surface area contributed by atoms with Gasteiger partial charge in [-0.15, -0.1) is 0 Å². The van der Waals surface area contributed by atoms with Crippen LogP contribution >= 0.6 is 0 Å². The lowest BCUT2D eigenvalue weighted by Gasteiger charge is -2.11. The Morgan fingerprint density at radius 2 is 1.75 bits per heavy atom. The van der Waals surface area contributed by atoms with Crippen molar-refractivity contribution in [3.05, 3.63) is 65.1 Å². The van der Waals surface area contributed by atoms with Crippen LogP contribution in [0.4, 0.5) is 0 Å². The molecule has 2 aromatic heterocycles. The Bertz CT molecular complexity index is 863. The lowest BCUT2D eigenvalue weighted by atomic mass is 10.1. The average molecular weight is 324 g/mol. The highest BCUT2D eigenvalue weighted by atomic mass is 16.6. The predicted molar refractivity (Wildman–Crippen MR) is 91.6 cm³/mol. The van der Waals surface area contributed by atoms with Gasteiger partial charge < -0.3 is 13.9 Å². The summed E-state index contributed by atoms with van der Waals surface area (Å²) in [5.41, 5.74) is 4.18. The van der Waals surface area contributed by atoms with E-state index in [1.54, 1.807) is 6.20 Å². The molecule has 0 aliphatic heterocycles. The van der Waals surface area contributed by atoms with E-state index in [9.17, 15) is 4.79 Å². The van der Waals surface area contributed by atoms with E-state index in [4.69, 9.17) is 9.47 Å². The number of rotatable bonds is 5. The number of carbonyl (C=O) groups excluding carboxylic acids is 1. The van der Waals surface area contributed by atoms with Gasteiger partial charge in [0.15, 0.2) is 5.69 Å². The smallest absolute Gasteiger partial charge is 0.358 e. The maximum absolute atomic E-state index is 12.1. The Morgan fingerprint density at radius 3 is 2.46 bits per heavy atom. The predicted octanol–water partition coefficient (Wildman–Crippen LogP) is 3.50. The van der Waals surface area contributed by atoms with Crippen molar-refractivity contribution < 1.29 is 14.3 Å². The highest BCUT2D eigenvalue weighted by Gasteiger charge is 2.13. The average Bonchev–Trinajstić information content (AvgIpc) is 2.99. The summed E-state index contributed by atoms with van der Waals surface area (Å²) in [5, 5.41) is 0. The molecule has 0 aliphatic carbocycles. The van der Waals surface area contributed by atoms with E-state index < -0.39 is 5.97 Å². The van der Waals surface area contributed by atoms with Gasteiger partial charge >= 0.3 is 5.97 Å². The van der Waals surface area contributed by atoms with E-state index in [0.29, 0.717) is 12.3 Å². The van der Waals surface area contributed by atoms with Gasteiger partial charge in [0.1, 0.15) is 24.6 Å². The Labute approximate surface area is 140 Å². The third-order valence-corrected chi connectivity index (χ3v) is 3.88. The molecule has 0 radical (unpaired) electrons. The van der Waals surface area contributed by atoms with E-state index in [-0.39, 0.29) is 6.61 Å². The van der Waals surface area contributed by atoms with E-state index in [0.717, 1.165) is 28.2 Å². The van der Waals surface area contributed by atoms with Crippen LogP contribution in [0.5, 0.6) is 5.75 Å². The minimum atomic E-state index is -0.441. The van der Waals surface area contributed by atoms with E-state index >= 15 is 0 Å². The second-order valence-electron chi connectivity index (χ2n) is 5.73. The summed E-state index contributed by atoms with van der Waals surface area (Å²) in [6.07, 6.45) is 1.69. The zero-order valence-electron chi connectivity index (χ0n) is 14.1. The number of aryl methyl sites for hydroxylation is 3. The summed E-state index contributed by atoms with van der Waals surface area (Å²) < 4.78 is 12.9. The first-order chi connectivity index (χ1) is 11.6. The van der Waals surface area contributed by atoms with Crippen molar-refractivity contribution >= 4 is 11.6 Å². The van der Waals surface area contributed by atoms with Gasteiger partial charge in [0.05, 0.1) is 0 Å². The van der Waals surface area contributed by atoms with E-state index in [1.165, 1.54) is 0 Å². The molecule has 0 aliphatic rings. The van der Waals surface area contributed by atoms with Gasteiger partial charge in [0.25, 0.3) is 0 Å². The first-order valence-corrected chi connectivity index (χ1v) is 7.87. The normalized spacial score (nSPS) is 10.8. The number of nitrogens with zero attached hydrogens (tertiary/aromatic N) is 2. The molecular formula is C19H20N2O3. The molecule has 0 spiro atoms. The number of aromatic nitrogens is 2. The highest BCUT2D eigenvalue weighted by Crippen LogP contribution is 2.22. The first-order valence-electron chi connectivity index (χ1n) is 7.87. The Hall–Kier alpha value is -2.82. The number of para-hydroxylation sites is 1. The summed E-state index contributed by atoms with van der Waals surface area (Å²) in [4.78, 5) is 16.4. The number of carbonyl (C=O) groups is 1. The molecule has 0 unspecified atom stereocenters. The van der Waals surface area contributed by atoms with Gasteiger partial charge in [-0.1, -0.05) is 24.3 Å². The Balaban J connectivity index is 1.58. The number of ether oxygens (including phenoxy) is 2. The van der Waals surface area contributed by atoms with Crippen LogP contribution in [0.3, 0.4) is 0 Å².